The van der Waals surface area contributed by atoms with Crippen molar-refractivity contribution in [2.45, 2.75) is 44.9 Å². The third-order valence-electron chi connectivity index (χ3n) is 3.96. The first kappa shape index (κ1) is 13.9. The molecular weight excluding hydrogens is 316 g/mol. The zero-order valence-electron chi connectivity index (χ0n) is 10.5. The van der Waals surface area contributed by atoms with E-state index in [1.54, 1.807) is 0 Å². The smallest absolute Gasteiger partial charge is 0.0367 e. The van der Waals surface area contributed by atoms with Crippen molar-refractivity contribution in [2.24, 2.45) is 17.8 Å². The molecule has 0 spiro atoms. The molecule has 0 radical (unpaired) electrons. The van der Waals surface area contributed by atoms with Crippen LogP contribution in [0.1, 0.15) is 38.0 Å². The molecule has 1 saturated carbocycles. The van der Waals surface area contributed by atoms with Crippen LogP contribution in [0, 0.1) is 17.8 Å². The number of hydrogen-bond acceptors (Lipinski definition) is 1. The lowest BCUT2D eigenvalue weighted by Crippen LogP contribution is -2.29. The fourth-order valence-electron chi connectivity index (χ4n) is 2.80. The standard InChI is InChI=1S/C14H20BrClS/c1-9(2)10-3-4-14(16)11(5-10)6-13-7-12(15)8-17-13/h7-11,14H,3-6H2,1-2H3. The third kappa shape index (κ3) is 3.71. The van der Waals surface area contributed by atoms with Crippen LogP contribution < -0.4 is 0 Å². The van der Waals surface area contributed by atoms with Gasteiger partial charge in [0, 0.05) is 20.1 Å². The molecule has 0 aromatic carbocycles. The predicted octanol–water partition coefficient (Wildman–Crippen LogP) is 5.73. The molecule has 0 bridgehead atoms. The highest BCUT2D eigenvalue weighted by atomic mass is 79.9. The minimum atomic E-state index is 0.380. The first-order valence-corrected chi connectivity index (χ1v) is 8.54. The minimum absolute atomic E-state index is 0.380. The molecule has 0 amide bonds. The summed E-state index contributed by atoms with van der Waals surface area (Å²) < 4.78 is 1.21. The van der Waals surface area contributed by atoms with Crippen molar-refractivity contribution in [1.82, 2.24) is 0 Å². The van der Waals surface area contributed by atoms with Crippen LogP contribution in [0.3, 0.4) is 0 Å². The Morgan fingerprint density at radius 2 is 2.24 bits per heavy atom. The Bertz CT molecular complexity index is 361. The fraction of sp³-hybridized carbons (Fsp3) is 0.714. The van der Waals surface area contributed by atoms with Crippen LogP contribution in [0.5, 0.6) is 0 Å². The summed E-state index contributed by atoms with van der Waals surface area (Å²) in [5, 5.41) is 2.55. The van der Waals surface area contributed by atoms with Gasteiger partial charge in [0.05, 0.1) is 0 Å². The van der Waals surface area contributed by atoms with E-state index in [1.165, 1.54) is 28.6 Å². The molecule has 3 atom stereocenters. The van der Waals surface area contributed by atoms with Gasteiger partial charge >= 0.3 is 0 Å². The van der Waals surface area contributed by atoms with Crippen LogP contribution in [0.25, 0.3) is 0 Å². The van der Waals surface area contributed by atoms with Crippen molar-refractivity contribution < 1.29 is 0 Å². The van der Waals surface area contributed by atoms with E-state index in [0.717, 1.165) is 18.3 Å². The van der Waals surface area contributed by atoms with Gasteiger partial charge in [-0.05, 0) is 65.4 Å². The van der Waals surface area contributed by atoms with Crippen LogP contribution in [0.15, 0.2) is 15.9 Å². The Balaban J connectivity index is 1.98. The highest BCUT2D eigenvalue weighted by Gasteiger charge is 2.30. The summed E-state index contributed by atoms with van der Waals surface area (Å²) in [4.78, 5) is 1.47. The lowest BCUT2D eigenvalue weighted by Gasteiger charge is -2.35. The van der Waals surface area contributed by atoms with Crippen molar-refractivity contribution in [3.63, 3.8) is 0 Å². The van der Waals surface area contributed by atoms with Crippen LogP contribution in [0.2, 0.25) is 0 Å². The van der Waals surface area contributed by atoms with Crippen LogP contribution in [-0.2, 0) is 6.42 Å². The van der Waals surface area contributed by atoms with E-state index in [9.17, 15) is 0 Å². The lowest BCUT2D eigenvalue weighted by atomic mass is 9.75. The molecule has 1 aliphatic carbocycles. The molecule has 0 aliphatic heterocycles. The van der Waals surface area contributed by atoms with Crippen molar-refractivity contribution >= 4 is 38.9 Å². The molecular formula is C14H20BrClS. The maximum absolute atomic E-state index is 6.50. The number of thiophene rings is 1. The Labute approximate surface area is 122 Å². The van der Waals surface area contributed by atoms with Crippen LogP contribution in [-0.4, -0.2) is 5.38 Å². The molecule has 1 aliphatic rings. The average molecular weight is 336 g/mol. The quantitative estimate of drug-likeness (QED) is 0.618. The molecule has 3 heteroatoms. The van der Waals surface area contributed by atoms with Gasteiger partial charge in [0.15, 0.2) is 0 Å². The first-order valence-electron chi connectivity index (χ1n) is 6.43. The van der Waals surface area contributed by atoms with E-state index in [0.29, 0.717) is 11.3 Å². The van der Waals surface area contributed by atoms with Gasteiger partial charge in [0.25, 0.3) is 0 Å². The summed E-state index contributed by atoms with van der Waals surface area (Å²) in [7, 11) is 0. The van der Waals surface area contributed by atoms with E-state index in [-0.39, 0.29) is 0 Å². The SMILES string of the molecule is CC(C)C1CCC(Cl)C(Cc2cc(Br)cs2)C1. The summed E-state index contributed by atoms with van der Waals surface area (Å²) in [6, 6.07) is 2.24. The zero-order valence-corrected chi connectivity index (χ0v) is 13.6. The molecule has 3 unspecified atom stereocenters. The summed E-state index contributed by atoms with van der Waals surface area (Å²) in [6.07, 6.45) is 4.98. The van der Waals surface area contributed by atoms with Crippen molar-refractivity contribution in [1.29, 1.82) is 0 Å². The maximum Gasteiger partial charge on any atom is 0.0367 e. The minimum Gasteiger partial charge on any atom is -0.148 e. The molecule has 2 rings (SSSR count). The Morgan fingerprint density at radius 1 is 1.47 bits per heavy atom. The van der Waals surface area contributed by atoms with E-state index < -0.39 is 0 Å². The first-order chi connectivity index (χ1) is 8.06. The molecule has 1 aromatic heterocycles. The van der Waals surface area contributed by atoms with E-state index >= 15 is 0 Å². The number of halogens is 2. The predicted molar refractivity (Wildman–Crippen MR) is 81.0 cm³/mol. The van der Waals surface area contributed by atoms with Gasteiger partial charge in [-0.1, -0.05) is 13.8 Å². The molecule has 0 nitrogen and oxygen atoms in total. The van der Waals surface area contributed by atoms with Crippen molar-refractivity contribution in [3.8, 4) is 0 Å². The molecule has 1 aromatic rings. The van der Waals surface area contributed by atoms with Crippen molar-refractivity contribution in [3.05, 3.63) is 20.8 Å². The Morgan fingerprint density at radius 3 is 2.82 bits per heavy atom. The van der Waals surface area contributed by atoms with Gasteiger partial charge < -0.3 is 0 Å². The van der Waals surface area contributed by atoms with Gasteiger partial charge in [0.2, 0.25) is 0 Å². The maximum atomic E-state index is 6.50. The van der Waals surface area contributed by atoms with Gasteiger partial charge in [-0.25, -0.2) is 0 Å². The van der Waals surface area contributed by atoms with Gasteiger partial charge in [-0.2, -0.15) is 0 Å². The average Bonchev–Trinajstić information content (AvgIpc) is 2.67. The van der Waals surface area contributed by atoms with E-state index in [4.69, 9.17) is 11.6 Å². The van der Waals surface area contributed by atoms with Gasteiger partial charge in [-0.3, -0.25) is 0 Å². The molecule has 96 valence electrons. The number of alkyl halides is 1. The Hall–Kier alpha value is 0.470. The topological polar surface area (TPSA) is 0 Å². The second kappa shape index (κ2) is 6.08. The van der Waals surface area contributed by atoms with Gasteiger partial charge in [-0.15, -0.1) is 22.9 Å². The summed E-state index contributed by atoms with van der Waals surface area (Å²) in [5.74, 6) is 2.35. The normalized spacial score (nSPS) is 29.8. The number of hydrogen-bond donors (Lipinski definition) is 0. The summed E-state index contributed by atoms with van der Waals surface area (Å²) in [6.45, 7) is 4.69. The van der Waals surface area contributed by atoms with Crippen LogP contribution >= 0.6 is 38.9 Å². The molecule has 1 fully saturated rings. The van der Waals surface area contributed by atoms with Gasteiger partial charge in [0.1, 0.15) is 0 Å². The summed E-state index contributed by atoms with van der Waals surface area (Å²) in [5.41, 5.74) is 0. The van der Waals surface area contributed by atoms with Crippen molar-refractivity contribution in [2.75, 3.05) is 0 Å². The second-order valence-electron chi connectivity index (χ2n) is 5.53. The van der Waals surface area contributed by atoms with E-state index in [1.807, 2.05) is 11.3 Å². The molecule has 0 saturated heterocycles. The molecule has 1 heterocycles. The summed E-state index contributed by atoms with van der Waals surface area (Å²) >= 11 is 11.9. The molecule has 17 heavy (non-hydrogen) atoms. The number of rotatable bonds is 3. The third-order valence-corrected chi connectivity index (χ3v) is 6.25. The zero-order chi connectivity index (χ0) is 12.4. The largest absolute Gasteiger partial charge is 0.148 e. The fourth-order valence-corrected chi connectivity index (χ4v) is 4.66. The Kier molecular flexibility index (Phi) is 4.96. The van der Waals surface area contributed by atoms with E-state index in [2.05, 4.69) is 41.2 Å². The van der Waals surface area contributed by atoms with Crippen LogP contribution in [0.4, 0.5) is 0 Å². The highest BCUT2D eigenvalue weighted by molar-refractivity contribution is 9.10. The highest BCUT2D eigenvalue weighted by Crippen LogP contribution is 2.39. The lowest BCUT2D eigenvalue weighted by molar-refractivity contribution is 0.218. The molecule has 0 N–H and O–H groups in total. The second-order valence-corrected chi connectivity index (χ2v) is 8.00. The monoisotopic (exact) mass is 334 g/mol.